The van der Waals surface area contributed by atoms with Crippen molar-refractivity contribution < 1.29 is 0 Å². The number of aromatic amines is 2. The molecule has 8 nitrogen and oxygen atoms in total. The first-order valence-electron chi connectivity index (χ1n) is 13.0. The Kier molecular flexibility index (Phi) is 4.90. The first-order valence-corrected chi connectivity index (χ1v) is 13.0. The highest BCUT2D eigenvalue weighted by Gasteiger charge is 2.21. The smallest absolute Gasteiger partial charge is 0.164 e. The average molecular weight is 528 g/mol. The summed E-state index contributed by atoms with van der Waals surface area (Å²) in [6.07, 6.45) is 0. The molecule has 9 rings (SSSR count). The third-order valence-corrected chi connectivity index (χ3v) is 7.46. The van der Waals surface area contributed by atoms with Crippen molar-refractivity contribution >= 4 is 52.5 Å². The predicted molar refractivity (Wildman–Crippen MR) is 166 cm³/mol. The summed E-state index contributed by atoms with van der Waals surface area (Å²) >= 11 is 0. The minimum Gasteiger partial charge on any atom is -0.324 e. The molecule has 0 amide bonds. The lowest BCUT2D eigenvalue weighted by molar-refractivity contribution is 1.19. The van der Waals surface area contributed by atoms with Crippen LogP contribution in [0.4, 0.5) is 0 Å². The number of benzene rings is 4. The maximum atomic E-state index is 5.02. The summed E-state index contributed by atoms with van der Waals surface area (Å²) in [5.74, 6) is 2.39. The second kappa shape index (κ2) is 8.66. The van der Waals surface area contributed by atoms with Crippen LogP contribution < -0.4 is 0 Å². The number of fused-ring (bicyclic) bond motifs is 20. The van der Waals surface area contributed by atoms with Gasteiger partial charge in [-0.1, -0.05) is 97.1 Å². The van der Waals surface area contributed by atoms with Crippen LogP contribution in [0.2, 0.25) is 0 Å². The molecule has 3 aromatic heterocycles. The van der Waals surface area contributed by atoms with Crippen LogP contribution in [0.3, 0.4) is 0 Å². The Bertz CT molecular complexity index is 2030. The van der Waals surface area contributed by atoms with Crippen molar-refractivity contribution in [2.45, 2.75) is 0 Å². The Hall–Kier alpha value is -5.70. The maximum Gasteiger partial charge on any atom is 0.164 e. The fourth-order valence-electron chi connectivity index (χ4n) is 5.59. The highest BCUT2D eigenvalue weighted by atomic mass is 15.1. The summed E-state index contributed by atoms with van der Waals surface area (Å²) < 4.78 is 0. The number of rotatable bonds is 0. The molecule has 4 aromatic carbocycles. The summed E-state index contributed by atoms with van der Waals surface area (Å²) in [5, 5.41) is 3.82. The Morgan fingerprint density at radius 2 is 0.561 bits per heavy atom. The van der Waals surface area contributed by atoms with Crippen LogP contribution in [-0.2, 0) is 0 Å². The van der Waals surface area contributed by atoms with Gasteiger partial charge in [-0.05, 0) is 0 Å². The molecule has 0 spiro atoms. The van der Waals surface area contributed by atoms with Crippen molar-refractivity contribution in [1.82, 2.24) is 39.9 Å². The van der Waals surface area contributed by atoms with Crippen LogP contribution in [0.15, 0.2) is 97.1 Å². The van der Waals surface area contributed by atoms with Crippen LogP contribution in [0.1, 0.15) is 0 Å². The van der Waals surface area contributed by atoms with Crippen LogP contribution in [0.25, 0.3) is 89.7 Å². The van der Waals surface area contributed by atoms with E-state index < -0.39 is 0 Å². The van der Waals surface area contributed by atoms with E-state index in [2.05, 4.69) is 9.97 Å². The topological polar surface area (TPSA) is 109 Å². The van der Waals surface area contributed by atoms with Crippen molar-refractivity contribution in [3.8, 4) is 45.6 Å². The predicted octanol–water partition coefficient (Wildman–Crippen LogP) is 5.69. The minimum atomic E-state index is 0. The van der Waals surface area contributed by atoms with Gasteiger partial charge < -0.3 is 9.97 Å². The highest BCUT2D eigenvalue weighted by Crippen LogP contribution is 2.36. The molecule has 2 N–H and O–H groups in total. The van der Waals surface area contributed by atoms with Crippen molar-refractivity contribution in [2.24, 2.45) is 0 Å². The number of aromatic nitrogens is 8. The van der Waals surface area contributed by atoms with Gasteiger partial charge in [0.15, 0.2) is 23.3 Å². The average Bonchev–Trinajstić information content (AvgIpc) is 3.73. The summed E-state index contributed by atoms with van der Waals surface area (Å²) in [7, 11) is 0. The van der Waals surface area contributed by atoms with Gasteiger partial charge in [0, 0.05) is 43.8 Å². The Balaban J connectivity index is 0.00000256. The summed E-state index contributed by atoms with van der Waals surface area (Å²) in [6.45, 7) is 0. The Labute approximate surface area is 234 Å². The zero-order chi connectivity index (χ0) is 26.2. The third kappa shape index (κ3) is 3.42. The van der Waals surface area contributed by atoms with Gasteiger partial charge in [-0.2, -0.15) is 0 Å². The van der Waals surface area contributed by atoms with Crippen molar-refractivity contribution in [3.63, 3.8) is 0 Å². The Morgan fingerprint density at radius 3 is 0.829 bits per heavy atom. The lowest BCUT2D eigenvalue weighted by atomic mass is 10.1. The fourth-order valence-corrected chi connectivity index (χ4v) is 5.59. The number of hydrogen-bond donors (Lipinski definition) is 2. The Morgan fingerprint density at radius 1 is 0.317 bits per heavy atom. The van der Waals surface area contributed by atoms with Crippen molar-refractivity contribution in [1.29, 1.82) is 0 Å². The summed E-state index contributed by atoms with van der Waals surface area (Å²) in [6, 6.07) is 32.2. The second-order valence-corrected chi connectivity index (χ2v) is 9.79. The molecule has 0 fully saturated rings. The van der Waals surface area contributed by atoms with Gasteiger partial charge in [0.05, 0.1) is 8.41 Å². The molecule has 0 unspecified atom stereocenters. The molecule has 7 aromatic rings. The van der Waals surface area contributed by atoms with Crippen LogP contribution >= 0.6 is 0 Å². The molecule has 0 saturated carbocycles. The summed E-state index contributed by atoms with van der Waals surface area (Å²) in [5.41, 5.74) is 6.45. The van der Waals surface area contributed by atoms with E-state index in [4.69, 9.17) is 29.9 Å². The molecule has 0 saturated heterocycles. The van der Waals surface area contributed by atoms with E-state index in [1.165, 1.54) is 0 Å². The molecule has 2 aliphatic heterocycles. The minimum absolute atomic E-state index is 0. The van der Waals surface area contributed by atoms with Gasteiger partial charge in [0.1, 0.15) is 22.6 Å². The van der Waals surface area contributed by atoms with Gasteiger partial charge >= 0.3 is 0 Å². The van der Waals surface area contributed by atoms with Crippen LogP contribution in [-0.4, -0.2) is 48.3 Å². The monoisotopic (exact) mass is 528 g/mol. The molecule has 9 heteroatoms. The fraction of sp³-hybridized carbons (Fsp3) is 0. The van der Waals surface area contributed by atoms with Gasteiger partial charge in [-0.25, -0.2) is 29.9 Å². The van der Waals surface area contributed by atoms with E-state index in [1.54, 1.807) is 0 Å². The third-order valence-electron chi connectivity index (χ3n) is 7.46. The van der Waals surface area contributed by atoms with E-state index in [0.717, 1.165) is 43.8 Å². The molecule has 0 atom stereocenters. The number of nitrogens with one attached hydrogen (secondary N) is 2. The molecule has 0 aliphatic carbocycles. The zero-order valence-electron chi connectivity index (χ0n) is 20.9. The number of nitrogens with zero attached hydrogens (tertiary/aromatic N) is 6. The highest BCUT2D eigenvalue weighted by molar-refractivity contribution is 6.06. The first kappa shape index (κ1) is 23.2. The standard InChI is InChI=1S/C32H18N8.BH3/c1-2-10-18-17(9-1)25-33-26(18)38-28-21-13-5-6-14-22(21)30(35-28)40-32-24-16-8-7-15-23(24)31(36-32)39-29-20-12-4-3-11-19(20)27(34-29)37-25;/h1-16H,(H2,33,34,35,36,37,38,39,40);1H3. The maximum absolute atomic E-state index is 5.02. The van der Waals surface area contributed by atoms with Gasteiger partial charge in [-0.3, -0.25) is 0 Å². The normalized spacial score (nSPS) is 11.7. The molecule has 41 heavy (non-hydrogen) atoms. The van der Waals surface area contributed by atoms with Crippen LogP contribution in [0, 0.1) is 0 Å². The van der Waals surface area contributed by atoms with E-state index >= 15 is 0 Å². The number of H-pyrrole nitrogens is 2. The van der Waals surface area contributed by atoms with Crippen LogP contribution in [0.5, 0.6) is 0 Å². The van der Waals surface area contributed by atoms with E-state index in [-0.39, 0.29) is 8.41 Å². The lowest BCUT2D eigenvalue weighted by Crippen LogP contribution is -1.82. The quantitative estimate of drug-likeness (QED) is 0.245. The molecular weight excluding hydrogens is 507 g/mol. The zero-order valence-corrected chi connectivity index (χ0v) is 20.9. The molecule has 5 heterocycles. The molecule has 8 bridgehead atoms. The second-order valence-electron chi connectivity index (χ2n) is 9.79. The van der Waals surface area contributed by atoms with Gasteiger partial charge in [0.2, 0.25) is 0 Å². The number of hydrogen-bond acceptors (Lipinski definition) is 6. The van der Waals surface area contributed by atoms with Gasteiger partial charge in [-0.15, -0.1) is 0 Å². The van der Waals surface area contributed by atoms with Crippen molar-refractivity contribution in [3.05, 3.63) is 97.1 Å². The molecule has 0 radical (unpaired) electrons. The molecular formula is C32H21BN8. The lowest BCUT2D eigenvalue weighted by Gasteiger charge is -1.96. The molecule has 2 aliphatic rings. The van der Waals surface area contributed by atoms with Crippen molar-refractivity contribution in [2.75, 3.05) is 0 Å². The molecule has 192 valence electrons. The van der Waals surface area contributed by atoms with Gasteiger partial charge in [0.25, 0.3) is 0 Å². The van der Waals surface area contributed by atoms with E-state index in [9.17, 15) is 0 Å². The van der Waals surface area contributed by atoms with E-state index in [1.807, 2.05) is 97.1 Å². The van der Waals surface area contributed by atoms with E-state index in [0.29, 0.717) is 45.9 Å². The largest absolute Gasteiger partial charge is 0.324 e. The summed E-state index contributed by atoms with van der Waals surface area (Å²) in [4.78, 5) is 36.8. The first-order chi connectivity index (χ1) is 19.8. The SMILES string of the molecule is B.c1ccc2c(c1)-c1nc-2nc2[nH]c(nc3nc(nc4[nH]c(n1)c1ccccc41)-c1ccccc1-3)c1ccccc21.